The summed E-state index contributed by atoms with van der Waals surface area (Å²) in [7, 11) is 0. The van der Waals surface area contributed by atoms with Gasteiger partial charge in [-0.25, -0.2) is 9.78 Å². The van der Waals surface area contributed by atoms with Crippen molar-refractivity contribution in [2.45, 2.75) is 66.2 Å². The van der Waals surface area contributed by atoms with E-state index in [0.29, 0.717) is 30.3 Å². The van der Waals surface area contributed by atoms with Crippen LogP contribution in [-0.4, -0.2) is 59.4 Å². The van der Waals surface area contributed by atoms with Gasteiger partial charge in [0.2, 0.25) is 5.13 Å². The van der Waals surface area contributed by atoms with Crippen LogP contribution in [0.4, 0.5) is 21.3 Å². The number of fused-ring (bicyclic) bond motifs is 1. The molecule has 3 amide bonds. The van der Waals surface area contributed by atoms with Gasteiger partial charge in [0.05, 0.1) is 16.9 Å². The second kappa shape index (κ2) is 14.5. The number of thiazole rings is 1. The fourth-order valence-corrected chi connectivity index (χ4v) is 6.68. The number of rotatable bonds is 14. The van der Waals surface area contributed by atoms with Gasteiger partial charge in [-0.1, -0.05) is 51.9 Å². The first-order valence-corrected chi connectivity index (χ1v) is 16.1. The van der Waals surface area contributed by atoms with E-state index in [1.807, 2.05) is 38.1 Å². The number of benzene rings is 1. The molecule has 1 aliphatic heterocycles. The topological polar surface area (TPSA) is 81.5 Å². The third-order valence-electron chi connectivity index (χ3n) is 6.77. The Kier molecular flexibility index (Phi) is 10.8. The minimum absolute atomic E-state index is 0.186. The monoisotopic (exact) mass is 580 g/mol. The molecule has 2 aromatic heterocycles. The van der Waals surface area contributed by atoms with Crippen molar-refractivity contribution in [3.05, 3.63) is 40.8 Å². The largest absolute Gasteiger partial charge is 0.372 e. The Hall–Kier alpha value is -3.11. The first-order valence-electron chi connectivity index (χ1n) is 14.5. The van der Waals surface area contributed by atoms with Crippen LogP contribution in [0.3, 0.4) is 0 Å². The number of amides is 3. The van der Waals surface area contributed by atoms with Crippen LogP contribution in [0.5, 0.6) is 0 Å². The number of anilines is 1. The maximum Gasteiger partial charge on any atom is 0.327 e. The number of hydrogen-bond donors (Lipinski definition) is 0. The lowest BCUT2D eigenvalue weighted by Gasteiger charge is -2.35. The predicted molar refractivity (Wildman–Crippen MR) is 167 cm³/mol. The summed E-state index contributed by atoms with van der Waals surface area (Å²) in [5.41, 5.74) is 2.67. The molecule has 0 N–H and O–H groups in total. The van der Waals surface area contributed by atoms with E-state index in [0.717, 1.165) is 46.0 Å². The van der Waals surface area contributed by atoms with Gasteiger partial charge in [0.25, 0.3) is 5.91 Å². The number of carbonyl (C=O) groups excluding carboxylic acids is 2. The third kappa shape index (κ3) is 7.34. The third-order valence-corrected chi connectivity index (χ3v) is 8.76. The van der Waals surface area contributed by atoms with Gasteiger partial charge in [0, 0.05) is 42.3 Å². The highest BCUT2D eigenvalue weighted by molar-refractivity contribution is 7.29. The summed E-state index contributed by atoms with van der Waals surface area (Å²) in [6.07, 6.45) is 8.25. The first kappa shape index (κ1) is 29.9. The number of aromatic nitrogens is 1. The zero-order valence-corrected chi connectivity index (χ0v) is 25.7. The van der Waals surface area contributed by atoms with Gasteiger partial charge in [0.15, 0.2) is 0 Å². The Bertz CT molecular complexity index is 1300. The molecule has 1 saturated heterocycles. The summed E-state index contributed by atoms with van der Waals surface area (Å²) < 4.78 is 1.01. The summed E-state index contributed by atoms with van der Waals surface area (Å²) in [6, 6.07) is 10.1. The highest BCUT2D eigenvalue weighted by atomic mass is 32.1. The Morgan fingerprint density at radius 1 is 0.925 bits per heavy atom. The lowest BCUT2D eigenvalue weighted by atomic mass is 10.1. The number of urea groups is 1. The second-order valence-electron chi connectivity index (χ2n) is 10.1. The fraction of sp³-hybridized carbons (Fsp3) is 0.500. The number of unbranched alkanes of at least 4 members (excludes halogenated alkanes) is 2. The van der Waals surface area contributed by atoms with Gasteiger partial charge in [-0.3, -0.25) is 9.69 Å². The van der Waals surface area contributed by atoms with Crippen LogP contribution in [0.15, 0.2) is 46.1 Å². The number of nitrogens with zero attached hydrogens (tertiary/aromatic N) is 6. The molecule has 4 rings (SSSR count). The van der Waals surface area contributed by atoms with Crippen LogP contribution < -0.4 is 4.90 Å². The maximum atomic E-state index is 13.0. The van der Waals surface area contributed by atoms with Crippen molar-refractivity contribution >= 4 is 66.7 Å². The van der Waals surface area contributed by atoms with E-state index < -0.39 is 0 Å². The van der Waals surface area contributed by atoms with Crippen molar-refractivity contribution in [3.63, 3.8) is 0 Å². The van der Waals surface area contributed by atoms with Crippen molar-refractivity contribution in [2.24, 2.45) is 10.2 Å². The predicted octanol–water partition coefficient (Wildman–Crippen LogP) is 8.65. The van der Waals surface area contributed by atoms with Gasteiger partial charge in [-0.05, 0) is 62.1 Å². The summed E-state index contributed by atoms with van der Waals surface area (Å²) in [5, 5.41) is 9.42. The van der Waals surface area contributed by atoms with E-state index in [1.54, 1.807) is 4.90 Å². The number of thiophene rings is 1. The number of azo groups is 1. The standard InChI is InChI=1S/C30H40N6O2S2/c1-5-9-17-34(18-10-6-2)24-13-11-23(12-14-24)32-33-29-31-27-26(40-29)20-25(39-27)19-22-21-35(15-7-3)30(38)36(16-8-4)28(22)37/h11-14,19-20H,5-10,15-18,21H2,1-4H3/b22-19-,33-32?. The Morgan fingerprint density at radius 2 is 1.62 bits per heavy atom. The first-order chi connectivity index (χ1) is 19.5. The van der Waals surface area contributed by atoms with Crippen LogP contribution in [0, 0.1) is 0 Å². The molecule has 0 aliphatic carbocycles. The molecule has 8 nitrogen and oxygen atoms in total. The molecule has 0 atom stereocenters. The minimum Gasteiger partial charge on any atom is -0.372 e. The Labute approximate surface area is 245 Å². The van der Waals surface area contributed by atoms with Crippen LogP contribution in [0.2, 0.25) is 0 Å². The summed E-state index contributed by atoms with van der Waals surface area (Å²) in [5.74, 6) is -0.191. The maximum absolute atomic E-state index is 13.0. The average Bonchev–Trinajstić information content (AvgIpc) is 3.51. The highest BCUT2D eigenvalue weighted by Crippen LogP contribution is 2.36. The second-order valence-corrected chi connectivity index (χ2v) is 12.1. The lowest BCUT2D eigenvalue weighted by Crippen LogP contribution is -2.53. The molecule has 0 spiro atoms. The number of carbonyl (C=O) groups is 2. The summed E-state index contributed by atoms with van der Waals surface area (Å²) >= 11 is 3.01. The summed E-state index contributed by atoms with van der Waals surface area (Å²) in [6.45, 7) is 12.0. The Morgan fingerprint density at radius 3 is 2.25 bits per heavy atom. The zero-order valence-electron chi connectivity index (χ0n) is 24.1. The molecule has 1 aromatic carbocycles. The van der Waals surface area contributed by atoms with Crippen LogP contribution in [-0.2, 0) is 4.79 Å². The zero-order chi connectivity index (χ0) is 28.5. The van der Waals surface area contributed by atoms with Crippen molar-refractivity contribution < 1.29 is 9.59 Å². The van der Waals surface area contributed by atoms with Crippen molar-refractivity contribution in [1.82, 2.24) is 14.8 Å². The molecule has 214 valence electrons. The van der Waals surface area contributed by atoms with E-state index in [9.17, 15) is 9.59 Å². The SMILES string of the molecule is CCCCN(CCCC)c1ccc(N=Nc2nc3sc(/C=C4/CN(CCC)C(=O)N(CCC)C4=O)cc3s2)cc1. The van der Waals surface area contributed by atoms with Gasteiger partial charge < -0.3 is 9.80 Å². The smallest absolute Gasteiger partial charge is 0.327 e. The Balaban J connectivity index is 1.45. The van der Waals surface area contributed by atoms with Crippen LogP contribution in [0.1, 0.15) is 71.1 Å². The van der Waals surface area contributed by atoms with Crippen molar-refractivity contribution in [1.29, 1.82) is 0 Å². The van der Waals surface area contributed by atoms with E-state index in [2.05, 4.69) is 46.1 Å². The molecule has 0 saturated carbocycles. The molecule has 1 fully saturated rings. The highest BCUT2D eigenvalue weighted by Gasteiger charge is 2.34. The fourth-order valence-electron chi connectivity index (χ4n) is 4.67. The molecule has 1 aliphatic rings. The quantitative estimate of drug-likeness (QED) is 0.141. The molecular weight excluding hydrogens is 541 g/mol. The van der Waals surface area contributed by atoms with Gasteiger partial charge in [-0.15, -0.1) is 21.6 Å². The number of hydrogen-bond acceptors (Lipinski definition) is 8. The molecule has 3 heterocycles. The van der Waals surface area contributed by atoms with Crippen molar-refractivity contribution in [3.8, 4) is 0 Å². The molecule has 10 heteroatoms. The van der Waals surface area contributed by atoms with E-state index >= 15 is 0 Å². The lowest BCUT2D eigenvalue weighted by molar-refractivity contribution is -0.126. The van der Waals surface area contributed by atoms with Gasteiger partial charge in [0.1, 0.15) is 4.83 Å². The van der Waals surface area contributed by atoms with Gasteiger partial charge >= 0.3 is 6.03 Å². The van der Waals surface area contributed by atoms with E-state index in [1.165, 1.54) is 58.9 Å². The molecular formula is C30H40N6O2S2. The molecule has 3 aromatic rings. The van der Waals surface area contributed by atoms with E-state index in [-0.39, 0.29) is 11.9 Å². The molecule has 40 heavy (non-hydrogen) atoms. The number of imide groups is 1. The normalized spacial score (nSPS) is 15.3. The molecule has 0 radical (unpaired) electrons. The minimum atomic E-state index is -0.191. The van der Waals surface area contributed by atoms with E-state index in [4.69, 9.17) is 0 Å². The van der Waals surface area contributed by atoms with Gasteiger partial charge in [-0.2, -0.15) is 0 Å². The average molecular weight is 581 g/mol. The van der Waals surface area contributed by atoms with Crippen LogP contribution >= 0.6 is 22.7 Å². The van der Waals surface area contributed by atoms with Crippen molar-refractivity contribution in [2.75, 3.05) is 37.6 Å². The summed E-state index contributed by atoms with van der Waals surface area (Å²) in [4.78, 5) is 37.8. The molecule has 0 unspecified atom stereocenters. The van der Waals surface area contributed by atoms with Crippen LogP contribution in [0.25, 0.3) is 15.6 Å². The molecule has 0 bridgehead atoms.